The summed E-state index contributed by atoms with van der Waals surface area (Å²) in [5.41, 5.74) is 1.32. The Kier molecular flexibility index (Phi) is 8.05. The molecule has 2 aromatic rings. The lowest BCUT2D eigenvalue weighted by molar-refractivity contribution is -0.122. The van der Waals surface area contributed by atoms with Crippen molar-refractivity contribution >= 4 is 33.2 Å². The number of hydrogen-bond donors (Lipinski definition) is 1. The van der Waals surface area contributed by atoms with Gasteiger partial charge in [-0.25, -0.2) is 12.8 Å². The van der Waals surface area contributed by atoms with E-state index in [1.54, 1.807) is 6.92 Å². The van der Waals surface area contributed by atoms with E-state index in [-0.39, 0.29) is 23.2 Å². The number of carbonyl (C=O) groups excluding carboxylic acids is 1. The number of halogens is 2. The number of hydrogen-bond acceptors (Lipinski definition) is 3. The van der Waals surface area contributed by atoms with Gasteiger partial charge in [-0.15, -0.1) is 0 Å². The largest absolute Gasteiger partial charge is 0.352 e. The van der Waals surface area contributed by atoms with Crippen LogP contribution in [0.2, 0.25) is 5.02 Å². The maximum absolute atomic E-state index is 13.5. The molecule has 158 valence electrons. The molecule has 0 radical (unpaired) electrons. The van der Waals surface area contributed by atoms with E-state index in [9.17, 15) is 17.6 Å². The highest BCUT2D eigenvalue weighted by molar-refractivity contribution is 7.92. The van der Waals surface area contributed by atoms with E-state index in [0.717, 1.165) is 23.0 Å². The lowest BCUT2D eigenvalue weighted by Crippen LogP contribution is -2.51. The summed E-state index contributed by atoms with van der Waals surface area (Å²) in [6.45, 7) is 3.61. The minimum Gasteiger partial charge on any atom is -0.352 e. The molecule has 0 aliphatic heterocycles. The van der Waals surface area contributed by atoms with Gasteiger partial charge in [0.1, 0.15) is 11.9 Å². The molecule has 2 aromatic carbocycles. The summed E-state index contributed by atoms with van der Waals surface area (Å²) in [5, 5.41) is 2.69. The molecule has 0 fully saturated rings. The normalized spacial score (nSPS) is 13.6. The fourth-order valence-corrected chi connectivity index (χ4v) is 4.50. The minimum atomic E-state index is -3.80. The standard InChI is InChI=1S/C21H26ClFN2O3S/c1-4-20(21(26)24-15(2)10-11-16-8-6-5-7-9-16)25(29(3,27)28)17-12-13-19(23)18(22)14-17/h5-9,12-15,20H,4,10-11H2,1-3H3,(H,24,26)/t15-,20-/m0/s1. The summed E-state index contributed by atoms with van der Waals surface area (Å²) in [6.07, 6.45) is 2.77. The third kappa shape index (κ3) is 6.44. The van der Waals surface area contributed by atoms with Crippen molar-refractivity contribution in [2.75, 3.05) is 10.6 Å². The molecule has 0 saturated carbocycles. The highest BCUT2D eigenvalue weighted by Crippen LogP contribution is 2.27. The number of sulfonamides is 1. The smallest absolute Gasteiger partial charge is 0.244 e. The molecule has 2 rings (SSSR count). The fourth-order valence-electron chi connectivity index (χ4n) is 3.12. The zero-order valence-electron chi connectivity index (χ0n) is 16.7. The minimum absolute atomic E-state index is 0.144. The summed E-state index contributed by atoms with van der Waals surface area (Å²) in [6, 6.07) is 12.4. The number of carbonyl (C=O) groups is 1. The SMILES string of the molecule is CC[C@@H](C(=O)N[C@@H](C)CCc1ccccc1)N(c1ccc(F)c(Cl)c1)S(C)(=O)=O. The van der Waals surface area contributed by atoms with Gasteiger partial charge in [0, 0.05) is 6.04 Å². The van der Waals surface area contributed by atoms with Crippen molar-refractivity contribution in [1.29, 1.82) is 0 Å². The lowest BCUT2D eigenvalue weighted by Gasteiger charge is -2.31. The maximum Gasteiger partial charge on any atom is 0.244 e. The van der Waals surface area contributed by atoms with Gasteiger partial charge in [-0.1, -0.05) is 48.9 Å². The second-order valence-electron chi connectivity index (χ2n) is 7.02. The molecule has 0 bridgehead atoms. The zero-order valence-corrected chi connectivity index (χ0v) is 18.3. The molecule has 0 spiro atoms. The van der Waals surface area contributed by atoms with E-state index < -0.39 is 27.8 Å². The number of nitrogens with zero attached hydrogens (tertiary/aromatic N) is 1. The van der Waals surface area contributed by atoms with Crippen molar-refractivity contribution in [1.82, 2.24) is 5.32 Å². The van der Waals surface area contributed by atoms with Gasteiger partial charge in [0.25, 0.3) is 0 Å². The second kappa shape index (κ2) is 10.1. The predicted octanol–water partition coefficient (Wildman–Crippen LogP) is 4.16. The van der Waals surface area contributed by atoms with Crippen LogP contribution in [0.1, 0.15) is 32.3 Å². The Morgan fingerprint density at radius 2 is 1.86 bits per heavy atom. The van der Waals surface area contributed by atoms with E-state index in [1.807, 2.05) is 37.3 Å². The van der Waals surface area contributed by atoms with E-state index in [2.05, 4.69) is 5.32 Å². The van der Waals surface area contributed by atoms with Gasteiger partial charge < -0.3 is 5.32 Å². The molecular weight excluding hydrogens is 415 g/mol. The van der Waals surface area contributed by atoms with Crippen LogP contribution in [0.5, 0.6) is 0 Å². The van der Waals surface area contributed by atoms with E-state index in [0.29, 0.717) is 6.42 Å². The van der Waals surface area contributed by atoms with Crippen LogP contribution in [0, 0.1) is 5.82 Å². The summed E-state index contributed by atoms with van der Waals surface area (Å²) >= 11 is 5.82. The average Bonchev–Trinajstić information content (AvgIpc) is 2.66. The Morgan fingerprint density at radius 3 is 2.41 bits per heavy atom. The van der Waals surface area contributed by atoms with E-state index >= 15 is 0 Å². The van der Waals surface area contributed by atoms with Crippen LogP contribution in [-0.4, -0.2) is 32.7 Å². The van der Waals surface area contributed by atoms with Gasteiger partial charge in [0.2, 0.25) is 15.9 Å². The number of anilines is 1. The molecule has 0 saturated heterocycles. The molecule has 0 aromatic heterocycles. The first kappa shape index (κ1) is 23.2. The van der Waals surface area contributed by atoms with Crippen molar-refractivity contribution < 1.29 is 17.6 Å². The molecule has 0 heterocycles. The summed E-state index contributed by atoms with van der Waals surface area (Å²) in [5.74, 6) is -1.06. The Bertz CT molecular complexity index is 938. The van der Waals surface area contributed by atoms with E-state index in [1.165, 1.54) is 17.7 Å². The first-order valence-electron chi connectivity index (χ1n) is 9.42. The Hall–Kier alpha value is -2.12. The highest BCUT2D eigenvalue weighted by atomic mass is 35.5. The summed E-state index contributed by atoms with van der Waals surface area (Å²) in [7, 11) is -3.80. The van der Waals surface area contributed by atoms with Crippen molar-refractivity contribution in [2.45, 2.75) is 45.2 Å². The molecular formula is C21H26ClFN2O3S. The Balaban J connectivity index is 2.16. The number of aryl methyl sites for hydroxylation is 1. The van der Waals surface area contributed by atoms with Crippen molar-refractivity contribution in [3.8, 4) is 0 Å². The van der Waals surface area contributed by atoms with Gasteiger partial charge in [-0.3, -0.25) is 9.10 Å². The summed E-state index contributed by atoms with van der Waals surface area (Å²) < 4.78 is 39.4. The average molecular weight is 441 g/mol. The first-order valence-corrected chi connectivity index (χ1v) is 11.6. The first-order chi connectivity index (χ1) is 13.6. The van der Waals surface area contributed by atoms with Crippen LogP contribution in [-0.2, 0) is 21.2 Å². The molecule has 0 aliphatic rings. The third-order valence-corrected chi connectivity index (χ3v) is 6.05. The molecule has 5 nitrogen and oxygen atoms in total. The fraction of sp³-hybridized carbons (Fsp3) is 0.381. The number of rotatable bonds is 9. The topological polar surface area (TPSA) is 66.5 Å². The predicted molar refractivity (Wildman–Crippen MR) is 115 cm³/mol. The molecule has 1 N–H and O–H groups in total. The number of nitrogens with one attached hydrogen (secondary N) is 1. The molecule has 29 heavy (non-hydrogen) atoms. The molecule has 1 amide bonds. The Labute approximate surface area is 176 Å². The highest BCUT2D eigenvalue weighted by Gasteiger charge is 2.32. The molecule has 0 unspecified atom stereocenters. The van der Waals surface area contributed by atoms with Crippen molar-refractivity contribution in [3.05, 3.63) is 64.9 Å². The van der Waals surface area contributed by atoms with Crippen LogP contribution in [0.3, 0.4) is 0 Å². The van der Waals surface area contributed by atoms with Gasteiger partial charge in [-0.2, -0.15) is 0 Å². The van der Waals surface area contributed by atoms with Gasteiger partial charge in [-0.05, 0) is 49.9 Å². The lowest BCUT2D eigenvalue weighted by atomic mass is 10.1. The van der Waals surface area contributed by atoms with Gasteiger partial charge in [0.05, 0.1) is 17.0 Å². The summed E-state index contributed by atoms with van der Waals surface area (Å²) in [4.78, 5) is 12.9. The van der Waals surface area contributed by atoms with Gasteiger partial charge in [0.15, 0.2) is 0 Å². The van der Waals surface area contributed by atoms with Crippen molar-refractivity contribution in [2.24, 2.45) is 0 Å². The Morgan fingerprint density at radius 1 is 1.21 bits per heavy atom. The second-order valence-corrected chi connectivity index (χ2v) is 9.28. The molecule has 0 aliphatic carbocycles. The zero-order chi connectivity index (χ0) is 21.6. The van der Waals surface area contributed by atoms with E-state index in [4.69, 9.17) is 11.6 Å². The van der Waals surface area contributed by atoms with Crippen LogP contribution in [0.4, 0.5) is 10.1 Å². The quantitative estimate of drug-likeness (QED) is 0.636. The molecule has 8 heteroatoms. The third-order valence-electron chi connectivity index (χ3n) is 4.58. The van der Waals surface area contributed by atoms with Gasteiger partial charge >= 0.3 is 0 Å². The van der Waals surface area contributed by atoms with Crippen LogP contribution in [0.15, 0.2) is 48.5 Å². The number of benzene rings is 2. The van der Waals surface area contributed by atoms with Crippen LogP contribution < -0.4 is 9.62 Å². The number of amides is 1. The van der Waals surface area contributed by atoms with Crippen LogP contribution in [0.25, 0.3) is 0 Å². The monoisotopic (exact) mass is 440 g/mol. The maximum atomic E-state index is 13.5. The van der Waals surface area contributed by atoms with Crippen molar-refractivity contribution in [3.63, 3.8) is 0 Å². The molecule has 2 atom stereocenters. The van der Waals surface area contributed by atoms with Crippen LogP contribution >= 0.6 is 11.6 Å².